The van der Waals surface area contributed by atoms with Crippen molar-refractivity contribution < 1.29 is 4.79 Å². The van der Waals surface area contributed by atoms with E-state index in [4.69, 9.17) is 0 Å². The standard InChI is InChI=1S/C21H24N4OS/c26-20(7-6-19-5-3-15-27-19)24-12-8-17(9-13-24)21-23-11-14-25(21)16-18-4-1-2-10-22-18/h1-5,10-11,14-15,17H,6-9,12-13,16H2. The van der Waals surface area contributed by atoms with Crippen LogP contribution >= 0.6 is 11.3 Å². The lowest BCUT2D eigenvalue weighted by Crippen LogP contribution is -2.38. The van der Waals surface area contributed by atoms with Gasteiger partial charge >= 0.3 is 0 Å². The van der Waals surface area contributed by atoms with Crippen LogP contribution in [0.25, 0.3) is 0 Å². The maximum absolute atomic E-state index is 12.5. The largest absolute Gasteiger partial charge is 0.343 e. The molecule has 3 aromatic rings. The van der Waals surface area contributed by atoms with Gasteiger partial charge in [-0.3, -0.25) is 9.78 Å². The summed E-state index contributed by atoms with van der Waals surface area (Å²) in [5.41, 5.74) is 1.04. The molecule has 1 aliphatic heterocycles. The summed E-state index contributed by atoms with van der Waals surface area (Å²) in [4.78, 5) is 24.8. The number of aromatic nitrogens is 3. The molecule has 0 aromatic carbocycles. The number of carbonyl (C=O) groups excluding carboxylic acids is 1. The SMILES string of the molecule is O=C(CCc1cccs1)N1CCC(c2nccn2Cc2ccccn2)CC1. The smallest absolute Gasteiger partial charge is 0.222 e. The van der Waals surface area contributed by atoms with Crippen LogP contribution in [-0.2, 0) is 17.8 Å². The molecule has 0 spiro atoms. The molecule has 1 amide bonds. The Kier molecular flexibility index (Phi) is 5.63. The molecule has 0 atom stereocenters. The van der Waals surface area contributed by atoms with Crippen molar-refractivity contribution in [1.82, 2.24) is 19.4 Å². The second-order valence-electron chi connectivity index (χ2n) is 6.97. The molecule has 3 aromatic heterocycles. The van der Waals surface area contributed by atoms with Crippen LogP contribution in [0.1, 0.15) is 41.6 Å². The van der Waals surface area contributed by atoms with E-state index in [0.29, 0.717) is 12.3 Å². The first-order chi connectivity index (χ1) is 13.3. The number of carbonyl (C=O) groups is 1. The predicted octanol–water partition coefficient (Wildman–Crippen LogP) is 3.73. The quantitative estimate of drug-likeness (QED) is 0.655. The maximum atomic E-state index is 12.5. The van der Waals surface area contributed by atoms with Gasteiger partial charge < -0.3 is 9.47 Å². The number of hydrogen-bond acceptors (Lipinski definition) is 4. The van der Waals surface area contributed by atoms with E-state index in [1.807, 2.05) is 47.8 Å². The van der Waals surface area contributed by atoms with Crippen molar-refractivity contribution in [2.24, 2.45) is 0 Å². The van der Waals surface area contributed by atoms with Crippen LogP contribution in [-0.4, -0.2) is 38.4 Å². The molecule has 0 radical (unpaired) electrons. The molecule has 5 nitrogen and oxygen atoms in total. The molecule has 4 rings (SSSR count). The summed E-state index contributed by atoms with van der Waals surface area (Å²) in [5, 5.41) is 2.07. The molecule has 27 heavy (non-hydrogen) atoms. The van der Waals surface area contributed by atoms with Gasteiger partial charge in [0.2, 0.25) is 5.91 Å². The molecular weight excluding hydrogens is 356 g/mol. The van der Waals surface area contributed by atoms with Gasteiger partial charge in [0.25, 0.3) is 0 Å². The van der Waals surface area contributed by atoms with Crippen LogP contribution in [0.15, 0.2) is 54.3 Å². The monoisotopic (exact) mass is 380 g/mol. The molecule has 0 unspecified atom stereocenters. The van der Waals surface area contributed by atoms with Gasteiger partial charge in [0.1, 0.15) is 5.82 Å². The Morgan fingerprint density at radius 3 is 2.74 bits per heavy atom. The molecule has 0 saturated carbocycles. The van der Waals surface area contributed by atoms with E-state index in [9.17, 15) is 4.79 Å². The first kappa shape index (κ1) is 17.9. The second kappa shape index (κ2) is 8.48. The molecular formula is C21H24N4OS. The van der Waals surface area contributed by atoms with E-state index in [2.05, 4.69) is 26.0 Å². The predicted molar refractivity (Wildman–Crippen MR) is 107 cm³/mol. The molecule has 6 heteroatoms. The van der Waals surface area contributed by atoms with Crippen molar-refractivity contribution in [2.45, 2.75) is 38.1 Å². The van der Waals surface area contributed by atoms with Gasteiger partial charge in [-0.1, -0.05) is 12.1 Å². The summed E-state index contributed by atoms with van der Waals surface area (Å²) in [7, 11) is 0. The van der Waals surface area contributed by atoms with Crippen molar-refractivity contribution in [1.29, 1.82) is 0 Å². The summed E-state index contributed by atoms with van der Waals surface area (Å²) in [6, 6.07) is 10.1. The van der Waals surface area contributed by atoms with Gasteiger partial charge in [-0.2, -0.15) is 0 Å². The van der Waals surface area contributed by atoms with Crippen LogP contribution in [0.4, 0.5) is 0 Å². The third kappa shape index (κ3) is 4.45. The van der Waals surface area contributed by atoms with Crippen molar-refractivity contribution in [3.8, 4) is 0 Å². The highest BCUT2D eigenvalue weighted by Gasteiger charge is 2.26. The van der Waals surface area contributed by atoms with E-state index in [1.54, 1.807) is 11.3 Å². The van der Waals surface area contributed by atoms with Crippen LogP contribution in [0.3, 0.4) is 0 Å². The summed E-state index contributed by atoms with van der Waals surface area (Å²) in [6.45, 7) is 2.39. The minimum atomic E-state index is 0.277. The Balaban J connectivity index is 1.32. The van der Waals surface area contributed by atoms with E-state index in [1.165, 1.54) is 4.88 Å². The number of aryl methyl sites for hydroxylation is 1. The molecule has 0 aliphatic carbocycles. The maximum Gasteiger partial charge on any atom is 0.222 e. The molecule has 1 aliphatic rings. The minimum absolute atomic E-state index is 0.277. The Morgan fingerprint density at radius 1 is 1.11 bits per heavy atom. The van der Waals surface area contributed by atoms with Crippen LogP contribution in [0, 0.1) is 0 Å². The van der Waals surface area contributed by atoms with Gasteiger partial charge in [-0.15, -0.1) is 11.3 Å². The lowest BCUT2D eigenvalue weighted by molar-refractivity contribution is -0.132. The van der Waals surface area contributed by atoms with Gasteiger partial charge in [-0.05, 0) is 42.8 Å². The second-order valence-corrected chi connectivity index (χ2v) is 8.00. The normalized spacial score (nSPS) is 15.2. The number of nitrogens with zero attached hydrogens (tertiary/aromatic N) is 4. The number of rotatable bonds is 6. The molecule has 4 heterocycles. The summed E-state index contributed by atoms with van der Waals surface area (Å²) in [6.07, 6.45) is 9.14. The van der Waals surface area contributed by atoms with E-state index in [0.717, 1.165) is 50.4 Å². The third-order valence-corrected chi connectivity index (χ3v) is 6.12. The van der Waals surface area contributed by atoms with E-state index >= 15 is 0 Å². The molecule has 0 N–H and O–H groups in total. The fourth-order valence-electron chi connectivity index (χ4n) is 3.71. The van der Waals surface area contributed by atoms with Gasteiger partial charge in [0.15, 0.2) is 0 Å². The third-order valence-electron chi connectivity index (χ3n) is 5.18. The molecule has 1 fully saturated rings. The zero-order valence-electron chi connectivity index (χ0n) is 15.3. The van der Waals surface area contributed by atoms with Gasteiger partial charge in [-0.25, -0.2) is 4.98 Å². The highest BCUT2D eigenvalue weighted by atomic mass is 32.1. The van der Waals surface area contributed by atoms with E-state index in [-0.39, 0.29) is 5.91 Å². The van der Waals surface area contributed by atoms with Crippen molar-refractivity contribution >= 4 is 17.2 Å². The fourth-order valence-corrected chi connectivity index (χ4v) is 4.42. The van der Waals surface area contributed by atoms with Gasteiger partial charge in [0.05, 0.1) is 12.2 Å². The van der Waals surface area contributed by atoms with Crippen LogP contribution in [0.2, 0.25) is 0 Å². The highest BCUT2D eigenvalue weighted by Crippen LogP contribution is 2.27. The first-order valence-electron chi connectivity index (χ1n) is 9.50. The number of likely N-dealkylation sites (tertiary alicyclic amines) is 1. The number of pyridine rings is 1. The molecule has 0 bridgehead atoms. The van der Waals surface area contributed by atoms with Crippen LogP contribution in [0.5, 0.6) is 0 Å². The minimum Gasteiger partial charge on any atom is -0.343 e. The van der Waals surface area contributed by atoms with Crippen LogP contribution < -0.4 is 0 Å². The fraction of sp³-hybridized carbons (Fsp3) is 0.381. The Bertz CT molecular complexity index is 851. The lowest BCUT2D eigenvalue weighted by atomic mass is 9.95. The Hall–Kier alpha value is -2.47. The Labute approximate surface area is 163 Å². The number of piperidine rings is 1. The summed E-state index contributed by atoms with van der Waals surface area (Å²) >= 11 is 1.73. The zero-order chi connectivity index (χ0) is 18.5. The zero-order valence-corrected chi connectivity index (χ0v) is 16.1. The molecule has 1 saturated heterocycles. The number of imidazole rings is 1. The Morgan fingerprint density at radius 2 is 2.00 bits per heavy atom. The van der Waals surface area contributed by atoms with Crippen molar-refractivity contribution in [3.63, 3.8) is 0 Å². The number of amides is 1. The lowest BCUT2D eigenvalue weighted by Gasteiger charge is -2.32. The molecule has 140 valence electrons. The van der Waals surface area contributed by atoms with Gasteiger partial charge in [0, 0.05) is 48.9 Å². The average molecular weight is 381 g/mol. The van der Waals surface area contributed by atoms with Crippen molar-refractivity contribution in [3.05, 3.63) is 70.7 Å². The van der Waals surface area contributed by atoms with Crippen molar-refractivity contribution in [2.75, 3.05) is 13.1 Å². The van der Waals surface area contributed by atoms with E-state index < -0.39 is 0 Å². The summed E-state index contributed by atoms with van der Waals surface area (Å²) in [5.74, 6) is 1.80. The summed E-state index contributed by atoms with van der Waals surface area (Å²) < 4.78 is 2.20. The number of thiophene rings is 1. The first-order valence-corrected chi connectivity index (χ1v) is 10.4. The highest BCUT2D eigenvalue weighted by molar-refractivity contribution is 7.09. The number of hydrogen-bond donors (Lipinski definition) is 0. The average Bonchev–Trinajstić information content (AvgIpc) is 3.39. The topological polar surface area (TPSA) is 51.0 Å².